The Balaban J connectivity index is 1.35. The highest BCUT2D eigenvalue weighted by Crippen LogP contribution is 2.38. The van der Waals surface area contributed by atoms with E-state index in [0.29, 0.717) is 42.1 Å². The Morgan fingerprint density at radius 1 is 1.47 bits per heavy atom. The van der Waals surface area contributed by atoms with Crippen LogP contribution in [0.5, 0.6) is 0 Å². The molecule has 0 aromatic carbocycles. The second-order valence-electron chi connectivity index (χ2n) is 7.16. The van der Waals surface area contributed by atoms with Crippen molar-refractivity contribution < 1.29 is 18.7 Å². The summed E-state index contributed by atoms with van der Waals surface area (Å²) in [5.74, 6) is 0.218. The maximum Gasteiger partial charge on any atom is 0.407 e. The molecule has 2 amide bonds. The van der Waals surface area contributed by atoms with Gasteiger partial charge in [0.1, 0.15) is 27.9 Å². The van der Waals surface area contributed by atoms with Gasteiger partial charge in [-0.2, -0.15) is 5.26 Å². The number of hydrogen-bond donors (Lipinski definition) is 2. The number of alkyl carbamates (subject to hydrolysis) is 1. The summed E-state index contributed by atoms with van der Waals surface area (Å²) in [5, 5.41) is 18.4. The number of fused-ring (bicyclic) bond motifs is 1. The van der Waals surface area contributed by atoms with E-state index < -0.39 is 6.09 Å². The smallest absolute Gasteiger partial charge is 0.407 e. The molecule has 3 aromatic rings. The van der Waals surface area contributed by atoms with Gasteiger partial charge < -0.3 is 19.8 Å². The van der Waals surface area contributed by atoms with Crippen LogP contribution in [0.2, 0.25) is 0 Å². The quantitative estimate of drug-likeness (QED) is 0.518. The minimum Gasteiger partial charge on any atom is -0.465 e. The number of nitrogens with one attached hydrogen (secondary N) is 2. The molecule has 0 fully saturated rings. The maximum absolute atomic E-state index is 12.3. The average molecular weight is 469 g/mol. The van der Waals surface area contributed by atoms with Gasteiger partial charge in [0, 0.05) is 28.4 Å². The molecule has 3 heterocycles. The minimum absolute atomic E-state index is 0.284. The van der Waals surface area contributed by atoms with Crippen LogP contribution in [0.1, 0.15) is 38.9 Å². The van der Waals surface area contributed by atoms with Gasteiger partial charge >= 0.3 is 6.09 Å². The first-order valence-electron chi connectivity index (χ1n) is 9.94. The lowest BCUT2D eigenvalue weighted by Crippen LogP contribution is -2.31. The van der Waals surface area contributed by atoms with E-state index >= 15 is 0 Å². The second-order valence-corrected chi connectivity index (χ2v) is 9.21. The van der Waals surface area contributed by atoms with Crippen molar-refractivity contribution in [3.63, 3.8) is 0 Å². The highest BCUT2D eigenvalue weighted by molar-refractivity contribution is 7.16. The number of furan rings is 1. The van der Waals surface area contributed by atoms with Crippen molar-refractivity contribution in [2.45, 2.75) is 38.8 Å². The highest BCUT2D eigenvalue weighted by atomic mass is 32.1. The van der Waals surface area contributed by atoms with Crippen LogP contribution < -0.4 is 10.6 Å². The Bertz CT molecular complexity index is 1190. The maximum atomic E-state index is 12.3. The summed E-state index contributed by atoms with van der Waals surface area (Å²) in [4.78, 5) is 29.7. The number of aromatic nitrogens is 1. The van der Waals surface area contributed by atoms with Crippen LogP contribution in [0, 0.1) is 18.3 Å². The van der Waals surface area contributed by atoms with E-state index in [-0.39, 0.29) is 12.0 Å². The zero-order valence-electron chi connectivity index (χ0n) is 17.2. The van der Waals surface area contributed by atoms with Gasteiger partial charge in [-0.05, 0) is 43.5 Å². The molecule has 0 radical (unpaired) electrons. The molecule has 1 atom stereocenters. The number of amides is 2. The van der Waals surface area contributed by atoms with Crippen LogP contribution in [0.25, 0.3) is 6.08 Å². The van der Waals surface area contributed by atoms with Gasteiger partial charge in [-0.15, -0.1) is 22.7 Å². The van der Waals surface area contributed by atoms with Crippen LogP contribution in [0.4, 0.5) is 9.80 Å². The fraction of sp³-hybridized carbons (Fsp3) is 0.273. The first-order chi connectivity index (χ1) is 15.5. The molecule has 2 N–H and O–H groups in total. The third-order valence-corrected chi connectivity index (χ3v) is 6.97. The first-order valence-corrected chi connectivity index (χ1v) is 11.6. The number of nitrogens with zero attached hydrogens (tertiary/aromatic N) is 2. The van der Waals surface area contributed by atoms with E-state index in [1.54, 1.807) is 18.2 Å². The molecule has 1 aliphatic rings. The molecule has 0 spiro atoms. The van der Waals surface area contributed by atoms with Gasteiger partial charge in [-0.1, -0.05) is 0 Å². The summed E-state index contributed by atoms with van der Waals surface area (Å²) in [6.07, 6.45) is 5.41. The van der Waals surface area contributed by atoms with Crippen LogP contribution in [-0.4, -0.2) is 23.1 Å². The zero-order valence-corrected chi connectivity index (χ0v) is 18.8. The molecule has 10 heteroatoms. The second kappa shape index (κ2) is 9.80. The number of carbonyl (C=O) groups is 2. The topological polar surface area (TPSA) is 117 Å². The highest BCUT2D eigenvalue weighted by Gasteiger charge is 2.28. The molecule has 1 unspecified atom stereocenters. The summed E-state index contributed by atoms with van der Waals surface area (Å²) in [7, 11) is 0. The van der Waals surface area contributed by atoms with E-state index in [1.165, 1.54) is 35.0 Å². The number of aryl methyl sites for hydroxylation is 1. The molecule has 0 saturated carbocycles. The molecule has 8 nitrogen and oxygen atoms in total. The summed E-state index contributed by atoms with van der Waals surface area (Å²) >= 11 is 2.84. The summed E-state index contributed by atoms with van der Waals surface area (Å²) in [6, 6.07) is 5.67. The largest absolute Gasteiger partial charge is 0.465 e. The van der Waals surface area contributed by atoms with E-state index in [4.69, 9.17) is 9.15 Å². The number of carbonyl (C=O) groups excluding carboxylic acids is 2. The standard InChI is InChI=1S/C22H20N4O4S2/c1-13-12-31-20(25-13)11-24-22(28)30-15-4-6-16-17(10-23)21(32-18(16)9-15)26-19(27)7-5-14-3-2-8-29-14/h2-3,5,7-8,12,15H,4,6,9,11H2,1H3,(H,24,28)(H,26,27). The number of hydrogen-bond acceptors (Lipinski definition) is 8. The molecule has 0 bridgehead atoms. The van der Waals surface area contributed by atoms with Crippen molar-refractivity contribution >= 4 is 45.8 Å². The molecular weight excluding hydrogens is 448 g/mol. The fourth-order valence-electron chi connectivity index (χ4n) is 3.38. The number of thiazole rings is 1. The van der Waals surface area contributed by atoms with Crippen molar-refractivity contribution in [1.29, 1.82) is 5.26 Å². The average Bonchev–Trinajstić information content (AvgIpc) is 3.50. The molecular formula is C22H20N4O4S2. The van der Waals surface area contributed by atoms with Crippen molar-refractivity contribution in [1.82, 2.24) is 10.3 Å². The molecule has 164 valence electrons. The normalized spacial score (nSPS) is 15.2. The van der Waals surface area contributed by atoms with E-state index in [0.717, 1.165) is 21.1 Å². The van der Waals surface area contributed by atoms with Crippen molar-refractivity contribution in [3.05, 3.63) is 62.3 Å². The predicted octanol–water partition coefficient (Wildman–Crippen LogP) is 4.41. The molecule has 3 aromatic heterocycles. The lowest BCUT2D eigenvalue weighted by molar-refractivity contribution is -0.111. The van der Waals surface area contributed by atoms with Crippen molar-refractivity contribution in [2.75, 3.05) is 5.32 Å². The molecule has 0 saturated heterocycles. The van der Waals surface area contributed by atoms with Gasteiger partial charge in [0.2, 0.25) is 5.91 Å². The third-order valence-electron chi connectivity index (χ3n) is 4.83. The monoisotopic (exact) mass is 468 g/mol. The summed E-state index contributed by atoms with van der Waals surface area (Å²) < 4.78 is 10.7. The number of rotatable bonds is 6. The van der Waals surface area contributed by atoms with Gasteiger partial charge in [0.15, 0.2) is 0 Å². The molecule has 1 aliphatic carbocycles. The Kier molecular flexibility index (Phi) is 6.68. The number of thiophene rings is 1. The number of ether oxygens (including phenoxy) is 1. The summed E-state index contributed by atoms with van der Waals surface area (Å²) in [5.41, 5.74) is 2.32. The Morgan fingerprint density at radius 2 is 2.34 bits per heavy atom. The van der Waals surface area contributed by atoms with Gasteiger partial charge in [-0.3, -0.25) is 4.79 Å². The number of anilines is 1. The van der Waals surface area contributed by atoms with Crippen LogP contribution in [0.3, 0.4) is 0 Å². The summed E-state index contributed by atoms with van der Waals surface area (Å²) in [6.45, 7) is 2.23. The van der Waals surface area contributed by atoms with Gasteiger partial charge in [0.25, 0.3) is 0 Å². The van der Waals surface area contributed by atoms with Crippen LogP contribution in [-0.2, 0) is 28.9 Å². The lowest BCUT2D eigenvalue weighted by Gasteiger charge is -2.22. The van der Waals surface area contributed by atoms with Crippen molar-refractivity contribution in [2.24, 2.45) is 0 Å². The Hall–Kier alpha value is -3.42. The zero-order chi connectivity index (χ0) is 22.5. The third kappa shape index (κ3) is 5.25. The van der Waals surface area contributed by atoms with Crippen LogP contribution in [0.15, 0.2) is 34.3 Å². The lowest BCUT2D eigenvalue weighted by atomic mass is 9.94. The van der Waals surface area contributed by atoms with E-state index in [1.807, 2.05) is 12.3 Å². The van der Waals surface area contributed by atoms with Crippen LogP contribution >= 0.6 is 22.7 Å². The molecule has 32 heavy (non-hydrogen) atoms. The predicted molar refractivity (Wildman–Crippen MR) is 121 cm³/mol. The van der Waals surface area contributed by atoms with Crippen molar-refractivity contribution in [3.8, 4) is 6.07 Å². The Labute approximate surface area is 192 Å². The fourth-order valence-corrected chi connectivity index (χ4v) is 5.36. The molecule has 0 aliphatic heterocycles. The number of nitriles is 1. The van der Waals surface area contributed by atoms with E-state index in [2.05, 4.69) is 21.7 Å². The first kappa shape index (κ1) is 21.8. The Morgan fingerprint density at radius 3 is 3.06 bits per heavy atom. The minimum atomic E-state index is -0.486. The SMILES string of the molecule is Cc1csc(CNC(=O)OC2CCc3c(sc(NC(=O)C=Cc4ccco4)c3C#N)C2)n1. The van der Waals surface area contributed by atoms with E-state index in [9.17, 15) is 14.9 Å². The molecule has 4 rings (SSSR count). The van der Waals surface area contributed by atoms with Gasteiger partial charge in [0.05, 0.1) is 18.4 Å². The van der Waals surface area contributed by atoms with Gasteiger partial charge in [-0.25, -0.2) is 9.78 Å².